The molecule has 120 valence electrons. The summed E-state index contributed by atoms with van der Waals surface area (Å²) in [4.78, 5) is 23.7. The molecule has 4 heteroatoms. The molecule has 0 bridgehead atoms. The first-order valence-corrected chi connectivity index (χ1v) is 7.52. The SMILES string of the molecule is Cc1ccc(CNC(=O)COC(=O)c2ccc(C)c(C)c2)cc1. The molecular weight excluding hydrogens is 290 g/mol. The van der Waals surface area contributed by atoms with E-state index in [1.165, 1.54) is 5.56 Å². The van der Waals surface area contributed by atoms with E-state index in [0.29, 0.717) is 12.1 Å². The van der Waals surface area contributed by atoms with E-state index >= 15 is 0 Å². The minimum absolute atomic E-state index is 0.280. The van der Waals surface area contributed by atoms with Gasteiger partial charge >= 0.3 is 5.97 Å². The third kappa shape index (κ3) is 4.95. The van der Waals surface area contributed by atoms with Crippen LogP contribution in [0.2, 0.25) is 0 Å². The monoisotopic (exact) mass is 311 g/mol. The molecule has 0 spiro atoms. The molecule has 0 radical (unpaired) electrons. The molecule has 0 heterocycles. The molecule has 0 aliphatic carbocycles. The van der Waals surface area contributed by atoms with E-state index in [4.69, 9.17) is 4.74 Å². The van der Waals surface area contributed by atoms with Gasteiger partial charge in [-0.1, -0.05) is 35.9 Å². The van der Waals surface area contributed by atoms with Gasteiger partial charge in [0.1, 0.15) is 0 Å². The molecule has 0 aliphatic rings. The van der Waals surface area contributed by atoms with Crippen LogP contribution >= 0.6 is 0 Å². The number of hydrogen-bond acceptors (Lipinski definition) is 3. The lowest BCUT2D eigenvalue weighted by molar-refractivity contribution is -0.124. The van der Waals surface area contributed by atoms with Gasteiger partial charge in [0, 0.05) is 6.54 Å². The lowest BCUT2D eigenvalue weighted by Crippen LogP contribution is -2.28. The maximum absolute atomic E-state index is 11.9. The first kappa shape index (κ1) is 16.7. The van der Waals surface area contributed by atoms with Crippen LogP contribution in [-0.2, 0) is 16.1 Å². The fourth-order valence-electron chi connectivity index (χ4n) is 2.04. The Morgan fingerprint density at radius 2 is 1.65 bits per heavy atom. The predicted octanol–water partition coefficient (Wildman–Crippen LogP) is 3.09. The van der Waals surface area contributed by atoms with Crippen LogP contribution in [0.3, 0.4) is 0 Å². The van der Waals surface area contributed by atoms with Gasteiger partial charge in [-0.2, -0.15) is 0 Å². The molecule has 0 fully saturated rings. The van der Waals surface area contributed by atoms with Crippen LogP contribution in [0.1, 0.15) is 32.6 Å². The number of aryl methyl sites for hydroxylation is 3. The highest BCUT2D eigenvalue weighted by atomic mass is 16.5. The molecule has 1 N–H and O–H groups in total. The van der Waals surface area contributed by atoms with Crippen LogP contribution in [0.4, 0.5) is 0 Å². The molecule has 0 unspecified atom stereocenters. The van der Waals surface area contributed by atoms with Crippen LogP contribution < -0.4 is 5.32 Å². The number of benzene rings is 2. The summed E-state index contributed by atoms with van der Waals surface area (Å²) in [7, 11) is 0. The fourth-order valence-corrected chi connectivity index (χ4v) is 2.04. The summed E-state index contributed by atoms with van der Waals surface area (Å²) >= 11 is 0. The zero-order valence-corrected chi connectivity index (χ0v) is 13.7. The summed E-state index contributed by atoms with van der Waals surface area (Å²) in [5.41, 5.74) is 4.76. The maximum atomic E-state index is 11.9. The zero-order chi connectivity index (χ0) is 16.8. The number of rotatable bonds is 5. The quantitative estimate of drug-likeness (QED) is 0.863. The lowest BCUT2D eigenvalue weighted by Gasteiger charge is -2.08. The highest BCUT2D eigenvalue weighted by Gasteiger charge is 2.10. The number of carbonyl (C=O) groups excluding carboxylic acids is 2. The minimum atomic E-state index is -0.487. The van der Waals surface area contributed by atoms with E-state index in [-0.39, 0.29) is 12.5 Å². The lowest BCUT2D eigenvalue weighted by atomic mass is 10.1. The van der Waals surface area contributed by atoms with E-state index in [2.05, 4.69) is 5.32 Å². The van der Waals surface area contributed by atoms with Crippen LogP contribution in [-0.4, -0.2) is 18.5 Å². The molecule has 0 saturated carbocycles. The molecule has 0 aromatic heterocycles. The second-order valence-electron chi connectivity index (χ2n) is 5.64. The molecule has 2 aromatic rings. The molecule has 0 aliphatic heterocycles. The highest BCUT2D eigenvalue weighted by molar-refractivity contribution is 5.91. The standard InChI is InChI=1S/C19H21NO3/c1-13-4-7-16(8-5-13)11-20-18(21)12-23-19(22)17-9-6-14(2)15(3)10-17/h4-10H,11-12H2,1-3H3,(H,20,21). The van der Waals surface area contributed by atoms with E-state index in [0.717, 1.165) is 16.7 Å². The molecular formula is C19H21NO3. The summed E-state index contributed by atoms with van der Waals surface area (Å²) in [6.45, 7) is 6.05. The van der Waals surface area contributed by atoms with Gasteiger partial charge in [-0.05, 0) is 49.6 Å². The van der Waals surface area contributed by atoms with Crippen LogP contribution in [0.5, 0.6) is 0 Å². The molecule has 2 rings (SSSR count). The van der Waals surface area contributed by atoms with Crippen LogP contribution in [0.25, 0.3) is 0 Å². The second kappa shape index (κ2) is 7.58. The summed E-state index contributed by atoms with van der Waals surface area (Å²) in [6, 6.07) is 13.2. The molecule has 23 heavy (non-hydrogen) atoms. The second-order valence-corrected chi connectivity index (χ2v) is 5.64. The normalized spacial score (nSPS) is 10.2. The van der Waals surface area contributed by atoms with Crippen LogP contribution in [0.15, 0.2) is 42.5 Å². The van der Waals surface area contributed by atoms with Crippen molar-refractivity contribution in [3.05, 3.63) is 70.3 Å². The third-order valence-corrected chi connectivity index (χ3v) is 3.69. The minimum Gasteiger partial charge on any atom is -0.452 e. The number of ether oxygens (including phenoxy) is 1. The van der Waals surface area contributed by atoms with E-state index in [1.54, 1.807) is 12.1 Å². The van der Waals surface area contributed by atoms with E-state index in [1.807, 2.05) is 51.1 Å². The number of amides is 1. The van der Waals surface area contributed by atoms with Gasteiger partial charge in [0.05, 0.1) is 5.56 Å². The van der Waals surface area contributed by atoms with Gasteiger partial charge in [0.15, 0.2) is 6.61 Å². The Bertz CT molecular complexity index is 705. The number of hydrogen-bond donors (Lipinski definition) is 1. The van der Waals surface area contributed by atoms with Crippen molar-refractivity contribution < 1.29 is 14.3 Å². The van der Waals surface area contributed by atoms with E-state index in [9.17, 15) is 9.59 Å². The molecule has 1 amide bonds. The Morgan fingerprint density at radius 3 is 2.30 bits per heavy atom. The highest BCUT2D eigenvalue weighted by Crippen LogP contribution is 2.10. The summed E-state index contributed by atoms with van der Waals surface area (Å²) in [6.07, 6.45) is 0. The van der Waals surface area contributed by atoms with Crippen molar-refractivity contribution in [2.75, 3.05) is 6.61 Å². The van der Waals surface area contributed by atoms with Crippen molar-refractivity contribution in [1.82, 2.24) is 5.32 Å². The van der Waals surface area contributed by atoms with Gasteiger partial charge in [-0.15, -0.1) is 0 Å². The average molecular weight is 311 g/mol. The Labute approximate surface area is 136 Å². The topological polar surface area (TPSA) is 55.4 Å². The fraction of sp³-hybridized carbons (Fsp3) is 0.263. The number of esters is 1. The molecule has 0 saturated heterocycles. The summed E-state index contributed by atoms with van der Waals surface area (Å²) in [5.74, 6) is -0.804. The van der Waals surface area contributed by atoms with E-state index < -0.39 is 5.97 Å². The first-order valence-electron chi connectivity index (χ1n) is 7.52. The van der Waals surface area contributed by atoms with Crippen molar-refractivity contribution >= 4 is 11.9 Å². The van der Waals surface area contributed by atoms with Crippen LogP contribution in [0, 0.1) is 20.8 Å². The molecule has 4 nitrogen and oxygen atoms in total. The van der Waals surface area contributed by atoms with Gasteiger partial charge in [0.25, 0.3) is 5.91 Å². The van der Waals surface area contributed by atoms with Crippen molar-refractivity contribution in [2.24, 2.45) is 0 Å². The largest absolute Gasteiger partial charge is 0.452 e. The zero-order valence-electron chi connectivity index (χ0n) is 13.7. The summed E-state index contributed by atoms with van der Waals surface area (Å²) in [5, 5.41) is 2.73. The molecule has 0 atom stereocenters. The summed E-state index contributed by atoms with van der Waals surface area (Å²) < 4.78 is 5.04. The third-order valence-electron chi connectivity index (χ3n) is 3.69. The predicted molar refractivity (Wildman–Crippen MR) is 89.2 cm³/mol. The maximum Gasteiger partial charge on any atom is 0.338 e. The Balaban J connectivity index is 1.80. The Morgan fingerprint density at radius 1 is 0.957 bits per heavy atom. The number of carbonyl (C=O) groups is 2. The van der Waals surface area contributed by atoms with Gasteiger partial charge < -0.3 is 10.1 Å². The smallest absolute Gasteiger partial charge is 0.338 e. The van der Waals surface area contributed by atoms with Crippen molar-refractivity contribution in [2.45, 2.75) is 27.3 Å². The average Bonchev–Trinajstić information content (AvgIpc) is 2.54. The van der Waals surface area contributed by atoms with Crippen molar-refractivity contribution in [3.8, 4) is 0 Å². The van der Waals surface area contributed by atoms with Gasteiger partial charge in [-0.25, -0.2) is 4.79 Å². The first-order chi connectivity index (χ1) is 11.0. The Kier molecular flexibility index (Phi) is 5.52. The number of nitrogens with one attached hydrogen (secondary N) is 1. The molecule has 2 aromatic carbocycles. The van der Waals surface area contributed by atoms with Crippen molar-refractivity contribution in [3.63, 3.8) is 0 Å². The van der Waals surface area contributed by atoms with Crippen molar-refractivity contribution in [1.29, 1.82) is 0 Å². The Hall–Kier alpha value is -2.62. The van der Waals surface area contributed by atoms with Gasteiger partial charge in [-0.3, -0.25) is 4.79 Å². The van der Waals surface area contributed by atoms with Gasteiger partial charge in [0.2, 0.25) is 0 Å².